The molecule has 0 radical (unpaired) electrons. The molecule has 0 saturated carbocycles. The fourth-order valence-electron chi connectivity index (χ4n) is 1.91. The van der Waals surface area contributed by atoms with Gasteiger partial charge in [0.25, 0.3) is 0 Å². The Morgan fingerprint density at radius 2 is 0.737 bits per heavy atom. The van der Waals surface area contributed by atoms with Gasteiger partial charge in [0.05, 0.1) is 13.2 Å². The molecule has 0 aromatic carbocycles. The Hall–Kier alpha value is 0.920. The molecular weight excluding hydrogens is 247 g/mol. The number of aliphatic hydroxyl groups excluding tert-OH is 2. The summed E-state index contributed by atoms with van der Waals surface area (Å²) in [5.74, 6) is 0. The fraction of sp³-hybridized carbons (Fsp3) is 1.00. The quantitative estimate of drug-likeness (QED) is 0.424. The van der Waals surface area contributed by atoms with Gasteiger partial charge >= 0.3 is 29.6 Å². The SMILES string of the molecule is CCCCCCCCCCCCCC.OCCO.[H-].[Na+]. The van der Waals surface area contributed by atoms with Gasteiger partial charge in [0.2, 0.25) is 0 Å². The van der Waals surface area contributed by atoms with Crippen molar-refractivity contribution in [2.24, 2.45) is 0 Å². The summed E-state index contributed by atoms with van der Waals surface area (Å²) in [4.78, 5) is 0. The van der Waals surface area contributed by atoms with Crippen LogP contribution in [0, 0.1) is 0 Å². The van der Waals surface area contributed by atoms with E-state index in [4.69, 9.17) is 10.2 Å². The third-order valence-electron chi connectivity index (χ3n) is 3.06. The molecule has 19 heavy (non-hydrogen) atoms. The average Bonchev–Trinajstić information content (AvgIpc) is 2.41. The van der Waals surface area contributed by atoms with Crippen LogP contribution in [0.5, 0.6) is 0 Å². The van der Waals surface area contributed by atoms with Gasteiger partial charge in [-0.25, -0.2) is 0 Å². The summed E-state index contributed by atoms with van der Waals surface area (Å²) >= 11 is 0. The minimum Gasteiger partial charge on any atom is -1.00 e. The van der Waals surface area contributed by atoms with Crippen LogP contribution in [0.4, 0.5) is 0 Å². The Morgan fingerprint density at radius 3 is 0.895 bits per heavy atom. The van der Waals surface area contributed by atoms with Crippen LogP contribution in [0.15, 0.2) is 0 Å². The van der Waals surface area contributed by atoms with Crippen molar-refractivity contribution in [3.63, 3.8) is 0 Å². The maximum atomic E-state index is 7.62. The van der Waals surface area contributed by atoms with E-state index in [9.17, 15) is 0 Å². The van der Waals surface area contributed by atoms with Crippen molar-refractivity contribution in [3.05, 3.63) is 0 Å². The number of hydrogen-bond donors (Lipinski definition) is 2. The van der Waals surface area contributed by atoms with Crippen LogP contribution in [0.2, 0.25) is 0 Å². The van der Waals surface area contributed by atoms with E-state index >= 15 is 0 Å². The Balaban J connectivity index is -0.000000188. The molecule has 0 bridgehead atoms. The van der Waals surface area contributed by atoms with E-state index in [1.807, 2.05) is 0 Å². The predicted octanol–water partition coefficient (Wildman–Crippen LogP) is 1.79. The predicted molar refractivity (Wildman–Crippen MR) is 82.0 cm³/mol. The molecule has 0 aromatic heterocycles. The molecule has 114 valence electrons. The van der Waals surface area contributed by atoms with Gasteiger partial charge in [-0.3, -0.25) is 0 Å². The van der Waals surface area contributed by atoms with Crippen molar-refractivity contribution in [2.75, 3.05) is 13.2 Å². The zero-order chi connectivity index (χ0) is 13.9. The Bertz CT molecular complexity index is 113. The Morgan fingerprint density at radius 1 is 0.526 bits per heavy atom. The van der Waals surface area contributed by atoms with Crippen LogP contribution in [0.25, 0.3) is 0 Å². The number of rotatable bonds is 12. The number of unbranched alkanes of at least 4 members (excludes halogenated alkanes) is 11. The van der Waals surface area contributed by atoms with Crippen LogP contribution in [-0.4, -0.2) is 23.4 Å². The first-order valence-electron chi connectivity index (χ1n) is 8.05. The van der Waals surface area contributed by atoms with Crippen LogP contribution in [0.1, 0.15) is 92.3 Å². The monoisotopic (exact) mass is 284 g/mol. The first-order chi connectivity index (χ1) is 8.83. The van der Waals surface area contributed by atoms with Gasteiger partial charge in [-0.2, -0.15) is 0 Å². The average molecular weight is 284 g/mol. The zero-order valence-electron chi connectivity index (χ0n) is 14.8. The topological polar surface area (TPSA) is 40.5 Å². The second-order valence-corrected chi connectivity index (χ2v) is 4.98. The van der Waals surface area contributed by atoms with E-state index in [0.29, 0.717) is 0 Å². The van der Waals surface area contributed by atoms with Gasteiger partial charge in [0.1, 0.15) is 0 Å². The molecule has 0 atom stereocenters. The van der Waals surface area contributed by atoms with Crippen molar-refractivity contribution >= 4 is 0 Å². The second kappa shape index (κ2) is 27.3. The maximum absolute atomic E-state index is 7.62. The largest absolute Gasteiger partial charge is 1.00 e. The molecule has 0 spiro atoms. The summed E-state index contributed by atoms with van der Waals surface area (Å²) in [6, 6.07) is 0. The minimum atomic E-state index is -0.125. The molecule has 0 aliphatic heterocycles. The van der Waals surface area contributed by atoms with Gasteiger partial charge in [0, 0.05) is 0 Å². The summed E-state index contributed by atoms with van der Waals surface area (Å²) in [5, 5.41) is 15.2. The summed E-state index contributed by atoms with van der Waals surface area (Å²) in [5.41, 5.74) is 0. The van der Waals surface area contributed by atoms with Gasteiger partial charge in [-0.05, 0) is 0 Å². The Kier molecular flexibility index (Phi) is 35.8. The normalized spacial score (nSPS) is 9.47. The molecule has 0 heterocycles. The fourth-order valence-corrected chi connectivity index (χ4v) is 1.91. The number of hydrogen-bond acceptors (Lipinski definition) is 2. The molecule has 0 aliphatic carbocycles. The van der Waals surface area contributed by atoms with Crippen molar-refractivity contribution in [3.8, 4) is 0 Å². The van der Waals surface area contributed by atoms with Gasteiger partial charge < -0.3 is 11.6 Å². The third kappa shape index (κ3) is 32.4. The molecular formula is C16H37NaO2. The molecule has 0 aromatic rings. The van der Waals surface area contributed by atoms with E-state index in [1.165, 1.54) is 77.0 Å². The van der Waals surface area contributed by atoms with E-state index in [1.54, 1.807) is 0 Å². The van der Waals surface area contributed by atoms with E-state index < -0.39 is 0 Å². The zero-order valence-corrected chi connectivity index (χ0v) is 15.8. The third-order valence-corrected chi connectivity index (χ3v) is 3.06. The summed E-state index contributed by atoms with van der Waals surface area (Å²) < 4.78 is 0. The van der Waals surface area contributed by atoms with Gasteiger partial charge in [-0.15, -0.1) is 0 Å². The van der Waals surface area contributed by atoms with E-state index in [-0.39, 0.29) is 44.2 Å². The Labute approximate surface area is 145 Å². The van der Waals surface area contributed by atoms with E-state index in [0.717, 1.165) is 0 Å². The molecule has 0 amide bonds. The molecule has 3 heteroatoms. The summed E-state index contributed by atoms with van der Waals surface area (Å²) in [7, 11) is 0. The minimum absolute atomic E-state index is 0. The maximum Gasteiger partial charge on any atom is 1.00 e. The van der Waals surface area contributed by atoms with Crippen LogP contribution >= 0.6 is 0 Å². The van der Waals surface area contributed by atoms with Gasteiger partial charge in [0.15, 0.2) is 0 Å². The van der Waals surface area contributed by atoms with Crippen LogP contribution in [0.3, 0.4) is 0 Å². The van der Waals surface area contributed by atoms with Crippen LogP contribution in [-0.2, 0) is 0 Å². The van der Waals surface area contributed by atoms with Crippen molar-refractivity contribution in [2.45, 2.75) is 90.9 Å². The molecule has 0 rings (SSSR count). The molecule has 0 aliphatic rings. The van der Waals surface area contributed by atoms with Crippen molar-refractivity contribution in [1.82, 2.24) is 0 Å². The van der Waals surface area contributed by atoms with E-state index in [2.05, 4.69) is 13.8 Å². The summed E-state index contributed by atoms with van der Waals surface area (Å²) in [6.07, 6.45) is 17.4. The van der Waals surface area contributed by atoms with Crippen molar-refractivity contribution < 1.29 is 41.2 Å². The number of aliphatic hydroxyl groups is 2. The smallest absolute Gasteiger partial charge is 1.00 e. The van der Waals surface area contributed by atoms with Gasteiger partial charge in [-0.1, -0.05) is 90.9 Å². The first-order valence-corrected chi connectivity index (χ1v) is 8.05. The summed E-state index contributed by atoms with van der Waals surface area (Å²) in [6.45, 7) is 4.32. The molecule has 0 unspecified atom stereocenters. The first kappa shape index (κ1) is 24.9. The van der Waals surface area contributed by atoms with Crippen molar-refractivity contribution in [1.29, 1.82) is 0 Å². The second-order valence-electron chi connectivity index (χ2n) is 4.98. The molecule has 0 saturated heterocycles. The van der Waals surface area contributed by atoms with Crippen LogP contribution < -0.4 is 29.6 Å². The molecule has 0 fully saturated rings. The molecule has 2 N–H and O–H groups in total. The molecule has 2 nitrogen and oxygen atoms in total. The standard InChI is InChI=1S/C14H30.C2H6O2.Na.H/c1-3-5-7-9-11-13-14-12-10-8-6-4-2;3-1-2-4;;/h3-14H2,1-2H3;3-4H,1-2H2;;/q;;+1;-1.